The van der Waals surface area contributed by atoms with E-state index in [0.29, 0.717) is 12.1 Å². The van der Waals surface area contributed by atoms with Crippen LogP contribution in [0.15, 0.2) is 78.9 Å². The third-order valence-corrected chi connectivity index (χ3v) is 6.02. The SMILES string of the molecule is CCCc1ccc(CC(=O)N[C@@H](Cc2ccc(NS(=O)(=O)O)cc2)C(=O)NCc2ccccc2)cc1. The molecule has 0 saturated heterocycles. The van der Waals surface area contributed by atoms with Crippen molar-refractivity contribution in [1.29, 1.82) is 0 Å². The molecule has 0 saturated carbocycles. The van der Waals surface area contributed by atoms with Crippen molar-refractivity contribution in [2.45, 2.75) is 45.2 Å². The number of carbonyl (C=O) groups is 2. The zero-order chi connectivity index (χ0) is 26.0. The maximum absolute atomic E-state index is 13.0. The molecule has 1 atom stereocenters. The van der Waals surface area contributed by atoms with Gasteiger partial charge in [0.15, 0.2) is 0 Å². The minimum atomic E-state index is -4.38. The van der Waals surface area contributed by atoms with Crippen LogP contribution in [-0.4, -0.2) is 30.8 Å². The molecule has 190 valence electrons. The van der Waals surface area contributed by atoms with E-state index in [1.165, 1.54) is 17.7 Å². The van der Waals surface area contributed by atoms with Gasteiger partial charge in [0, 0.05) is 13.0 Å². The third-order valence-electron chi connectivity index (χ3n) is 5.53. The molecule has 3 aromatic carbocycles. The van der Waals surface area contributed by atoms with E-state index in [4.69, 9.17) is 4.55 Å². The van der Waals surface area contributed by atoms with Crippen LogP contribution in [0.3, 0.4) is 0 Å². The van der Waals surface area contributed by atoms with Crippen molar-refractivity contribution >= 4 is 27.8 Å². The van der Waals surface area contributed by atoms with E-state index in [2.05, 4.69) is 17.6 Å². The number of amides is 2. The molecule has 0 bridgehead atoms. The zero-order valence-corrected chi connectivity index (χ0v) is 20.9. The molecule has 0 aliphatic carbocycles. The number of carbonyl (C=O) groups excluding carboxylic acids is 2. The van der Waals surface area contributed by atoms with Crippen LogP contribution in [0.25, 0.3) is 0 Å². The number of hydrogen-bond acceptors (Lipinski definition) is 4. The van der Waals surface area contributed by atoms with E-state index in [1.54, 1.807) is 12.1 Å². The second kappa shape index (κ2) is 12.9. The van der Waals surface area contributed by atoms with Crippen molar-refractivity contribution in [2.75, 3.05) is 4.72 Å². The largest absolute Gasteiger partial charge is 0.357 e. The normalized spacial score (nSPS) is 11.9. The average molecular weight is 510 g/mol. The van der Waals surface area contributed by atoms with Crippen molar-refractivity contribution in [1.82, 2.24) is 10.6 Å². The van der Waals surface area contributed by atoms with Gasteiger partial charge in [0.05, 0.1) is 12.1 Å². The Morgan fingerprint density at radius 3 is 2.06 bits per heavy atom. The molecule has 3 aromatic rings. The first-order valence-corrected chi connectivity index (χ1v) is 13.2. The van der Waals surface area contributed by atoms with Crippen LogP contribution >= 0.6 is 0 Å². The van der Waals surface area contributed by atoms with Crippen molar-refractivity contribution in [3.05, 3.63) is 101 Å². The highest BCUT2D eigenvalue weighted by molar-refractivity contribution is 7.87. The molecule has 0 aliphatic rings. The molecule has 0 fully saturated rings. The van der Waals surface area contributed by atoms with E-state index >= 15 is 0 Å². The second-order valence-electron chi connectivity index (χ2n) is 8.54. The van der Waals surface area contributed by atoms with Gasteiger partial charge in [-0.05, 0) is 40.8 Å². The summed E-state index contributed by atoms with van der Waals surface area (Å²) >= 11 is 0. The van der Waals surface area contributed by atoms with Crippen molar-refractivity contribution in [3.8, 4) is 0 Å². The Morgan fingerprint density at radius 2 is 1.44 bits per heavy atom. The molecule has 4 N–H and O–H groups in total. The van der Waals surface area contributed by atoms with Crippen molar-refractivity contribution in [2.24, 2.45) is 0 Å². The first-order valence-electron chi connectivity index (χ1n) is 11.7. The number of nitrogens with one attached hydrogen (secondary N) is 3. The first kappa shape index (κ1) is 26.9. The summed E-state index contributed by atoms with van der Waals surface area (Å²) in [5, 5.41) is 5.71. The highest BCUT2D eigenvalue weighted by Gasteiger charge is 2.21. The summed E-state index contributed by atoms with van der Waals surface area (Å²) in [4.78, 5) is 25.8. The Hall–Kier alpha value is -3.69. The smallest absolute Gasteiger partial charge is 0.350 e. The van der Waals surface area contributed by atoms with E-state index in [0.717, 1.165) is 24.0 Å². The zero-order valence-electron chi connectivity index (χ0n) is 20.1. The Labute approximate surface area is 212 Å². The predicted octanol–water partition coefficient (Wildman–Crippen LogP) is 3.44. The molecular weight excluding hydrogens is 478 g/mol. The van der Waals surface area contributed by atoms with Gasteiger partial charge in [-0.25, -0.2) is 0 Å². The molecular formula is C27H31N3O5S. The fraction of sp³-hybridized carbons (Fsp3) is 0.259. The van der Waals surface area contributed by atoms with Crippen molar-refractivity contribution in [3.63, 3.8) is 0 Å². The molecule has 0 aliphatic heterocycles. The lowest BCUT2D eigenvalue weighted by atomic mass is 10.0. The Kier molecular flexibility index (Phi) is 9.61. The third kappa shape index (κ3) is 9.16. The standard InChI is InChI=1S/C27H31N3O5S/c1-2-6-20-9-11-22(12-10-20)18-26(31)29-25(27(32)28-19-23-7-4-3-5-8-23)17-21-13-15-24(16-14-21)30-36(33,34)35/h3-5,7-16,25,30H,2,6,17-19H2,1H3,(H,28,32)(H,29,31)(H,33,34,35)/t25-/m0/s1. The van der Waals surface area contributed by atoms with Gasteiger partial charge in [-0.15, -0.1) is 0 Å². The molecule has 36 heavy (non-hydrogen) atoms. The fourth-order valence-electron chi connectivity index (χ4n) is 3.75. The fourth-order valence-corrected chi connectivity index (χ4v) is 4.19. The number of rotatable bonds is 12. The highest BCUT2D eigenvalue weighted by atomic mass is 32.2. The maximum Gasteiger partial charge on any atom is 0.357 e. The lowest BCUT2D eigenvalue weighted by Crippen LogP contribution is -2.48. The van der Waals surface area contributed by atoms with Crippen molar-refractivity contribution < 1.29 is 22.6 Å². The summed E-state index contributed by atoms with van der Waals surface area (Å²) in [7, 11) is -4.38. The predicted molar refractivity (Wildman–Crippen MR) is 140 cm³/mol. The van der Waals surface area contributed by atoms with Crippen LogP contribution < -0.4 is 15.4 Å². The Balaban J connectivity index is 1.68. The maximum atomic E-state index is 13.0. The highest BCUT2D eigenvalue weighted by Crippen LogP contribution is 2.13. The van der Waals surface area contributed by atoms with Gasteiger partial charge in [-0.1, -0.05) is 80.1 Å². The molecule has 0 radical (unpaired) electrons. The molecule has 3 rings (SSSR count). The van der Waals surface area contributed by atoms with Gasteiger partial charge in [0.25, 0.3) is 0 Å². The van der Waals surface area contributed by atoms with Crippen LogP contribution in [0.5, 0.6) is 0 Å². The topological polar surface area (TPSA) is 125 Å². The second-order valence-corrected chi connectivity index (χ2v) is 9.70. The summed E-state index contributed by atoms with van der Waals surface area (Å²) in [6.07, 6.45) is 2.38. The van der Waals surface area contributed by atoms with Crippen LogP contribution in [0, 0.1) is 0 Å². The Bertz CT molecular complexity index is 1240. The van der Waals surface area contributed by atoms with Gasteiger partial charge in [-0.2, -0.15) is 8.42 Å². The summed E-state index contributed by atoms with van der Waals surface area (Å²) in [5.41, 5.74) is 3.90. The van der Waals surface area contributed by atoms with E-state index in [-0.39, 0.29) is 30.3 Å². The van der Waals surface area contributed by atoms with Gasteiger partial charge in [-0.3, -0.25) is 18.9 Å². The van der Waals surface area contributed by atoms with Gasteiger partial charge >= 0.3 is 10.3 Å². The monoisotopic (exact) mass is 509 g/mol. The van der Waals surface area contributed by atoms with Gasteiger partial charge < -0.3 is 10.6 Å². The number of benzene rings is 3. The number of anilines is 1. The lowest BCUT2D eigenvalue weighted by Gasteiger charge is -2.19. The van der Waals surface area contributed by atoms with Crippen LogP contribution in [-0.2, 0) is 45.7 Å². The lowest BCUT2D eigenvalue weighted by molar-refractivity contribution is -0.128. The molecule has 8 nitrogen and oxygen atoms in total. The summed E-state index contributed by atoms with van der Waals surface area (Å²) in [6.45, 7) is 2.44. The van der Waals surface area contributed by atoms with Gasteiger partial charge in [0.2, 0.25) is 11.8 Å². The van der Waals surface area contributed by atoms with Crippen LogP contribution in [0.4, 0.5) is 5.69 Å². The Morgan fingerprint density at radius 1 is 0.833 bits per heavy atom. The summed E-state index contributed by atoms with van der Waals surface area (Å²) in [5.74, 6) is -0.603. The number of hydrogen-bond donors (Lipinski definition) is 4. The molecule has 9 heteroatoms. The molecule has 0 heterocycles. The van der Waals surface area contributed by atoms with E-state index in [9.17, 15) is 18.0 Å². The van der Waals surface area contributed by atoms with Crippen LogP contribution in [0.1, 0.15) is 35.6 Å². The van der Waals surface area contributed by atoms with Crippen LogP contribution in [0.2, 0.25) is 0 Å². The van der Waals surface area contributed by atoms with E-state index < -0.39 is 16.3 Å². The quantitative estimate of drug-likeness (QED) is 0.279. The number of aryl methyl sites for hydroxylation is 1. The first-order chi connectivity index (χ1) is 17.2. The molecule has 0 aromatic heterocycles. The molecule has 2 amide bonds. The van der Waals surface area contributed by atoms with E-state index in [1.807, 2.05) is 59.3 Å². The minimum absolute atomic E-state index is 0.145. The summed E-state index contributed by atoms with van der Waals surface area (Å²) < 4.78 is 32.9. The molecule has 0 spiro atoms. The minimum Gasteiger partial charge on any atom is -0.350 e. The van der Waals surface area contributed by atoms with Gasteiger partial charge in [0.1, 0.15) is 6.04 Å². The average Bonchev–Trinajstić information content (AvgIpc) is 2.84. The summed E-state index contributed by atoms with van der Waals surface area (Å²) in [6, 6.07) is 22.7. The molecule has 0 unspecified atom stereocenters.